The Morgan fingerprint density at radius 3 is 2.57 bits per heavy atom. The average Bonchev–Trinajstić information content (AvgIpc) is 2.96. The van der Waals surface area contributed by atoms with E-state index in [1.807, 2.05) is 0 Å². The molecule has 0 aromatic heterocycles. The summed E-state index contributed by atoms with van der Waals surface area (Å²) >= 11 is 0. The first-order valence-corrected chi connectivity index (χ1v) is 9.14. The number of hydrogen-bond donors (Lipinski definition) is 4. The van der Waals surface area contributed by atoms with Gasteiger partial charge in [0.15, 0.2) is 6.29 Å². The maximum Gasteiger partial charge on any atom is 1.00 e. The van der Waals surface area contributed by atoms with Crippen LogP contribution < -0.4 is 56.5 Å². The Bertz CT molecular complexity index is 539. The molecule has 1 saturated heterocycles. The van der Waals surface area contributed by atoms with E-state index in [1.54, 1.807) is 12.2 Å². The minimum absolute atomic E-state index is 0. The van der Waals surface area contributed by atoms with E-state index in [9.17, 15) is 30.0 Å². The molecule has 9 nitrogen and oxygen atoms in total. The van der Waals surface area contributed by atoms with Crippen LogP contribution in [0, 0.1) is 11.8 Å². The van der Waals surface area contributed by atoms with Gasteiger partial charge in [0.25, 0.3) is 0 Å². The fraction of sp³-hybridized carbons (Fsp3) is 0.778. The molecule has 0 aromatic carbocycles. The molecule has 1 aliphatic heterocycles. The number of Topliss-reactive ketones (excluding diaryl/α,β-unsaturated/α-hetero) is 1. The summed E-state index contributed by atoms with van der Waals surface area (Å²) in [5.41, 5.74) is 0. The zero-order valence-corrected chi connectivity index (χ0v) is 19.1. The SMILES string of the molecule is O=C([O-])C[C@@H]1CCC(=O)[C@H]1C/C=C/CCO[C@@H]1O[C@H](CO)[C@@H](O)[C@H](O)[C@H]1O.[K+]. The first kappa shape index (κ1) is 26.3. The van der Waals surface area contributed by atoms with Gasteiger partial charge in [-0.25, -0.2) is 0 Å². The van der Waals surface area contributed by atoms with Crippen molar-refractivity contribution >= 4 is 11.8 Å². The number of aliphatic hydroxyl groups excluding tert-OH is 4. The first-order valence-electron chi connectivity index (χ1n) is 9.14. The second-order valence-corrected chi connectivity index (χ2v) is 7.01. The van der Waals surface area contributed by atoms with Crippen molar-refractivity contribution < 1.29 is 96.0 Å². The maximum absolute atomic E-state index is 11.9. The van der Waals surface area contributed by atoms with Crippen molar-refractivity contribution in [3.8, 4) is 0 Å². The Morgan fingerprint density at radius 2 is 1.93 bits per heavy atom. The van der Waals surface area contributed by atoms with E-state index in [1.165, 1.54) is 0 Å². The second kappa shape index (κ2) is 12.9. The number of carbonyl (C=O) groups excluding carboxylic acids is 2. The van der Waals surface area contributed by atoms with Gasteiger partial charge >= 0.3 is 51.4 Å². The molecule has 0 aromatic rings. The predicted octanol–water partition coefficient (Wildman–Crippen LogP) is -5.12. The number of carboxylic acids is 1. The number of aliphatic hydroxyl groups is 4. The monoisotopic (exact) mass is 426 g/mol. The molecule has 1 heterocycles. The normalized spacial score (nSPS) is 35.9. The van der Waals surface area contributed by atoms with Crippen LogP contribution in [-0.2, 0) is 19.1 Å². The smallest absolute Gasteiger partial charge is 0.550 e. The number of hydrogen-bond acceptors (Lipinski definition) is 9. The quantitative estimate of drug-likeness (QED) is 0.161. The number of aliphatic carboxylic acids is 1. The van der Waals surface area contributed by atoms with Crippen LogP contribution in [0.4, 0.5) is 0 Å². The molecule has 0 radical (unpaired) electrons. The molecule has 0 bridgehead atoms. The number of ketones is 1. The van der Waals surface area contributed by atoms with Gasteiger partial charge in [-0.2, -0.15) is 0 Å². The topological polar surface area (TPSA) is 157 Å². The third-order valence-corrected chi connectivity index (χ3v) is 5.14. The zero-order valence-electron chi connectivity index (χ0n) is 16.0. The zero-order chi connectivity index (χ0) is 20.0. The number of carbonyl (C=O) groups is 2. The van der Waals surface area contributed by atoms with Crippen molar-refractivity contribution in [1.82, 2.24) is 0 Å². The van der Waals surface area contributed by atoms with Crippen molar-refractivity contribution in [3.63, 3.8) is 0 Å². The summed E-state index contributed by atoms with van der Waals surface area (Å²) < 4.78 is 10.6. The molecule has 2 aliphatic rings. The van der Waals surface area contributed by atoms with Gasteiger partial charge in [-0.3, -0.25) is 4.79 Å². The van der Waals surface area contributed by atoms with E-state index in [0.717, 1.165) is 0 Å². The Balaban J connectivity index is 0.00000392. The first-order chi connectivity index (χ1) is 12.8. The summed E-state index contributed by atoms with van der Waals surface area (Å²) in [4.78, 5) is 22.6. The Kier molecular flexibility index (Phi) is 12.1. The van der Waals surface area contributed by atoms with Crippen molar-refractivity contribution in [2.75, 3.05) is 13.2 Å². The third kappa shape index (κ3) is 7.20. The fourth-order valence-corrected chi connectivity index (χ4v) is 3.58. The molecule has 0 spiro atoms. The molecule has 0 amide bonds. The van der Waals surface area contributed by atoms with Gasteiger partial charge in [0, 0.05) is 18.3 Å². The standard InChI is InChI=1S/C18H28O9.K/c19-9-13-15(23)16(24)17(25)18(27-13)26-7-3-1-2-4-11-10(8-14(21)22)5-6-12(11)20;/h1-2,10-11,13,15-19,23-25H,3-9H2,(H,21,22);/q;+1/p-1/b2-1+;/t10-,11-,13+,15+,16-,17+,18+;/m0./s1. The average molecular weight is 427 g/mol. The van der Waals surface area contributed by atoms with E-state index >= 15 is 0 Å². The van der Waals surface area contributed by atoms with Crippen molar-refractivity contribution in [3.05, 3.63) is 12.2 Å². The van der Waals surface area contributed by atoms with Crippen LogP contribution >= 0.6 is 0 Å². The summed E-state index contributed by atoms with van der Waals surface area (Å²) in [7, 11) is 0. The van der Waals surface area contributed by atoms with Crippen LogP contribution in [-0.4, -0.2) is 76.1 Å². The summed E-state index contributed by atoms with van der Waals surface area (Å²) in [5, 5.41) is 49.1. The summed E-state index contributed by atoms with van der Waals surface area (Å²) in [6.07, 6.45) is -1.18. The molecule has 2 rings (SSSR count). The Hall–Kier alpha value is 0.276. The minimum Gasteiger partial charge on any atom is -0.550 e. The number of carboxylic acid groups (broad SMARTS) is 1. The molecule has 28 heavy (non-hydrogen) atoms. The van der Waals surface area contributed by atoms with Crippen LogP contribution in [0.3, 0.4) is 0 Å². The summed E-state index contributed by atoms with van der Waals surface area (Å²) in [6.45, 7) is -0.368. The van der Waals surface area contributed by atoms with Crippen LogP contribution in [0.1, 0.15) is 32.1 Å². The van der Waals surface area contributed by atoms with Gasteiger partial charge in [0.05, 0.1) is 13.2 Å². The van der Waals surface area contributed by atoms with Gasteiger partial charge in [0.2, 0.25) is 0 Å². The van der Waals surface area contributed by atoms with Gasteiger partial charge in [-0.1, -0.05) is 12.2 Å². The van der Waals surface area contributed by atoms with E-state index < -0.39 is 43.3 Å². The maximum atomic E-state index is 11.9. The van der Waals surface area contributed by atoms with Crippen LogP contribution in [0.15, 0.2) is 12.2 Å². The van der Waals surface area contributed by atoms with Crippen molar-refractivity contribution in [1.29, 1.82) is 0 Å². The second-order valence-electron chi connectivity index (χ2n) is 7.01. The number of ether oxygens (including phenoxy) is 2. The predicted molar refractivity (Wildman–Crippen MR) is 88.9 cm³/mol. The molecule has 1 saturated carbocycles. The van der Waals surface area contributed by atoms with Gasteiger partial charge < -0.3 is 39.8 Å². The fourth-order valence-electron chi connectivity index (χ4n) is 3.58. The minimum atomic E-state index is -1.48. The van der Waals surface area contributed by atoms with Crippen LogP contribution in [0.5, 0.6) is 0 Å². The van der Waals surface area contributed by atoms with Crippen molar-refractivity contribution in [2.24, 2.45) is 11.8 Å². The Labute approximate surface area is 206 Å². The van der Waals surface area contributed by atoms with Gasteiger partial charge in [-0.15, -0.1) is 0 Å². The molecule has 7 atom stereocenters. The molecule has 10 heteroatoms. The van der Waals surface area contributed by atoms with Crippen molar-refractivity contribution in [2.45, 2.75) is 62.8 Å². The van der Waals surface area contributed by atoms with E-state index in [-0.39, 0.29) is 82.0 Å². The van der Waals surface area contributed by atoms with E-state index in [2.05, 4.69) is 0 Å². The van der Waals surface area contributed by atoms with Gasteiger partial charge in [0.1, 0.15) is 30.2 Å². The van der Waals surface area contributed by atoms with Crippen LogP contribution in [0.25, 0.3) is 0 Å². The third-order valence-electron chi connectivity index (χ3n) is 5.14. The summed E-state index contributed by atoms with van der Waals surface area (Å²) in [5.74, 6) is -1.55. The molecule has 4 N–H and O–H groups in total. The van der Waals surface area contributed by atoms with Crippen LogP contribution in [0.2, 0.25) is 0 Å². The van der Waals surface area contributed by atoms with E-state index in [4.69, 9.17) is 14.6 Å². The largest absolute Gasteiger partial charge is 1.00 e. The van der Waals surface area contributed by atoms with E-state index in [0.29, 0.717) is 25.7 Å². The molecule has 154 valence electrons. The molecule has 0 unspecified atom stereocenters. The number of allylic oxidation sites excluding steroid dienone is 1. The number of rotatable bonds is 9. The molecule has 1 aliphatic carbocycles. The Morgan fingerprint density at radius 1 is 1.21 bits per heavy atom. The molecular formula is C18H27KO9. The molecule has 2 fully saturated rings. The van der Waals surface area contributed by atoms with Gasteiger partial charge in [-0.05, 0) is 31.6 Å². The summed E-state index contributed by atoms with van der Waals surface area (Å²) in [6, 6.07) is 0. The molecular weight excluding hydrogens is 399 g/mol.